The number of nitrogens with one attached hydrogen (secondary N) is 1. The van der Waals surface area contributed by atoms with E-state index >= 15 is 0 Å². The van der Waals surface area contributed by atoms with Crippen molar-refractivity contribution < 1.29 is 22.6 Å². The smallest absolute Gasteiger partial charge is 0.416 e. The second kappa shape index (κ2) is 7.78. The number of rotatable bonds is 5. The van der Waals surface area contributed by atoms with Crippen LogP contribution in [0.2, 0.25) is 0 Å². The van der Waals surface area contributed by atoms with Gasteiger partial charge in [0, 0.05) is 6.04 Å². The summed E-state index contributed by atoms with van der Waals surface area (Å²) in [5.74, 6) is 1.64. The summed E-state index contributed by atoms with van der Waals surface area (Å²) in [6, 6.07) is 12.1. The summed E-state index contributed by atoms with van der Waals surface area (Å²) in [7, 11) is 0. The van der Waals surface area contributed by atoms with Crippen molar-refractivity contribution in [2.45, 2.75) is 31.5 Å². The number of hydrogen-bond donors (Lipinski definition) is 1. The highest BCUT2D eigenvalue weighted by Crippen LogP contribution is 2.31. The molecule has 2 aromatic carbocycles. The molecule has 1 fully saturated rings. The van der Waals surface area contributed by atoms with Crippen LogP contribution in [0.3, 0.4) is 0 Å². The predicted molar refractivity (Wildman–Crippen MR) is 89.1 cm³/mol. The van der Waals surface area contributed by atoms with E-state index in [1.54, 1.807) is 24.3 Å². The molecule has 1 N–H and O–H groups in total. The molecule has 0 aliphatic carbocycles. The van der Waals surface area contributed by atoms with E-state index in [2.05, 4.69) is 5.32 Å². The van der Waals surface area contributed by atoms with Crippen LogP contribution in [-0.2, 0) is 6.18 Å². The SMILES string of the molecule is FC(F)(F)c1ccc(Oc2ccc(OCC3CCCCN3)cc2)cc1. The third kappa shape index (κ3) is 5.13. The van der Waals surface area contributed by atoms with Crippen molar-refractivity contribution in [2.75, 3.05) is 13.2 Å². The van der Waals surface area contributed by atoms with E-state index in [-0.39, 0.29) is 0 Å². The summed E-state index contributed by atoms with van der Waals surface area (Å²) in [4.78, 5) is 0. The van der Waals surface area contributed by atoms with Crippen LogP contribution in [0.4, 0.5) is 13.2 Å². The van der Waals surface area contributed by atoms with Gasteiger partial charge in [0.1, 0.15) is 23.9 Å². The van der Waals surface area contributed by atoms with Gasteiger partial charge < -0.3 is 14.8 Å². The van der Waals surface area contributed by atoms with Crippen molar-refractivity contribution in [3.63, 3.8) is 0 Å². The summed E-state index contributed by atoms with van der Waals surface area (Å²) in [6.45, 7) is 1.66. The van der Waals surface area contributed by atoms with E-state index in [4.69, 9.17) is 9.47 Å². The second-order valence-corrected chi connectivity index (χ2v) is 6.05. The highest BCUT2D eigenvalue weighted by molar-refractivity contribution is 5.36. The quantitative estimate of drug-likeness (QED) is 0.821. The Morgan fingerprint density at radius 3 is 2.04 bits per heavy atom. The van der Waals surface area contributed by atoms with Gasteiger partial charge in [-0.15, -0.1) is 0 Å². The zero-order chi connectivity index (χ0) is 17.7. The number of piperidine rings is 1. The zero-order valence-corrected chi connectivity index (χ0v) is 13.7. The molecule has 1 atom stereocenters. The Hall–Kier alpha value is -2.21. The van der Waals surface area contributed by atoms with Gasteiger partial charge in [0.25, 0.3) is 0 Å². The van der Waals surface area contributed by atoms with E-state index in [1.165, 1.54) is 25.0 Å². The highest BCUT2D eigenvalue weighted by atomic mass is 19.4. The molecule has 0 saturated carbocycles. The molecule has 1 saturated heterocycles. The lowest BCUT2D eigenvalue weighted by atomic mass is 10.1. The van der Waals surface area contributed by atoms with Crippen molar-refractivity contribution in [3.05, 3.63) is 54.1 Å². The standard InChI is InChI=1S/C19H20F3NO2/c20-19(21,22)14-4-6-17(7-5-14)25-18-10-8-16(9-11-18)24-13-15-3-1-2-12-23-15/h4-11,15,23H,1-3,12-13H2. The van der Waals surface area contributed by atoms with Gasteiger partial charge in [0.15, 0.2) is 0 Å². The lowest BCUT2D eigenvalue weighted by Gasteiger charge is -2.23. The Morgan fingerprint density at radius 1 is 0.880 bits per heavy atom. The van der Waals surface area contributed by atoms with E-state index in [1.807, 2.05) is 0 Å². The molecule has 3 nitrogen and oxygen atoms in total. The van der Waals surface area contributed by atoms with Crippen molar-refractivity contribution >= 4 is 0 Å². The first kappa shape index (κ1) is 17.6. The van der Waals surface area contributed by atoms with Crippen molar-refractivity contribution in [3.8, 4) is 17.2 Å². The van der Waals surface area contributed by atoms with Crippen LogP contribution in [0.15, 0.2) is 48.5 Å². The van der Waals surface area contributed by atoms with Crippen LogP contribution in [0.25, 0.3) is 0 Å². The van der Waals surface area contributed by atoms with Gasteiger partial charge in [-0.25, -0.2) is 0 Å². The molecule has 1 aliphatic heterocycles. The molecule has 6 heteroatoms. The fourth-order valence-electron chi connectivity index (χ4n) is 2.72. The maximum Gasteiger partial charge on any atom is 0.416 e. The monoisotopic (exact) mass is 351 g/mol. The summed E-state index contributed by atoms with van der Waals surface area (Å²) >= 11 is 0. The number of benzene rings is 2. The fourth-order valence-corrected chi connectivity index (χ4v) is 2.72. The third-order valence-electron chi connectivity index (χ3n) is 4.10. The number of alkyl halides is 3. The molecular weight excluding hydrogens is 331 g/mol. The average molecular weight is 351 g/mol. The average Bonchev–Trinajstić information content (AvgIpc) is 2.62. The van der Waals surface area contributed by atoms with Crippen LogP contribution < -0.4 is 14.8 Å². The maximum atomic E-state index is 12.5. The lowest BCUT2D eigenvalue weighted by Crippen LogP contribution is -2.38. The molecule has 1 heterocycles. The Balaban J connectivity index is 1.53. The van der Waals surface area contributed by atoms with Crippen LogP contribution in [0.5, 0.6) is 17.2 Å². The van der Waals surface area contributed by atoms with Crippen LogP contribution >= 0.6 is 0 Å². The fraction of sp³-hybridized carbons (Fsp3) is 0.368. The van der Waals surface area contributed by atoms with Crippen LogP contribution in [0.1, 0.15) is 24.8 Å². The molecule has 0 amide bonds. The molecule has 134 valence electrons. The minimum Gasteiger partial charge on any atom is -0.492 e. The second-order valence-electron chi connectivity index (χ2n) is 6.05. The maximum absolute atomic E-state index is 12.5. The first-order chi connectivity index (χ1) is 12.0. The molecule has 0 bridgehead atoms. The minimum atomic E-state index is -4.34. The molecule has 0 spiro atoms. The van der Waals surface area contributed by atoms with E-state index in [0.29, 0.717) is 24.1 Å². The molecule has 1 aliphatic rings. The minimum absolute atomic E-state index is 0.355. The van der Waals surface area contributed by atoms with Crippen LogP contribution in [0, 0.1) is 0 Å². The Labute approximate surface area is 144 Å². The summed E-state index contributed by atoms with van der Waals surface area (Å²) in [5.41, 5.74) is -0.695. The number of ether oxygens (including phenoxy) is 2. The molecule has 0 aromatic heterocycles. The molecular formula is C19H20F3NO2. The largest absolute Gasteiger partial charge is 0.492 e. The van der Waals surface area contributed by atoms with Gasteiger partial charge in [-0.2, -0.15) is 13.2 Å². The van der Waals surface area contributed by atoms with Gasteiger partial charge in [-0.3, -0.25) is 0 Å². The number of halogens is 3. The Morgan fingerprint density at radius 2 is 1.48 bits per heavy atom. The van der Waals surface area contributed by atoms with E-state index in [0.717, 1.165) is 30.8 Å². The van der Waals surface area contributed by atoms with Crippen LogP contribution in [-0.4, -0.2) is 19.2 Å². The topological polar surface area (TPSA) is 30.5 Å². The summed E-state index contributed by atoms with van der Waals surface area (Å²) < 4.78 is 48.9. The molecule has 2 aromatic rings. The first-order valence-corrected chi connectivity index (χ1v) is 8.32. The summed E-state index contributed by atoms with van der Waals surface area (Å²) in [5, 5.41) is 3.42. The molecule has 0 radical (unpaired) electrons. The molecule has 1 unspecified atom stereocenters. The van der Waals surface area contributed by atoms with E-state index < -0.39 is 11.7 Å². The van der Waals surface area contributed by atoms with Gasteiger partial charge in [0.2, 0.25) is 0 Å². The van der Waals surface area contributed by atoms with Crippen molar-refractivity contribution in [1.82, 2.24) is 5.32 Å². The molecule has 25 heavy (non-hydrogen) atoms. The highest BCUT2D eigenvalue weighted by Gasteiger charge is 2.30. The zero-order valence-electron chi connectivity index (χ0n) is 13.7. The van der Waals surface area contributed by atoms with E-state index in [9.17, 15) is 13.2 Å². The third-order valence-corrected chi connectivity index (χ3v) is 4.10. The van der Waals surface area contributed by atoms with Gasteiger partial charge >= 0.3 is 6.18 Å². The first-order valence-electron chi connectivity index (χ1n) is 8.32. The van der Waals surface area contributed by atoms with Gasteiger partial charge in [0.05, 0.1) is 5.56 Å². The van der Waals surface area contributed by atoms with Gasteiger partial charge in [-0.1, -0.05) is 6.42 Å². The Bertz CT molecular complexity index is 663. The predicted octanol–water partition coefficient (Wildman–Crippen LogP) is 5.02. The Kier molecular flexibility index (Phi) is 5.48. The van der Waals surface area contributed by atoms with Crippen molar-refractivity contribution in [1.29, 1.82) is 0 Å². The number of hydrogen-bond acceptors (Lipinski definition) is 3. The van der Waals surface area contributed by atoms with Gasteiger partial charge in [-0.05, 0) is 67.9 Å². The summed E-state index contributed by atoms with van der Waals surface area (Å²) in [6.07, 6.45) is -0.784. The molecule has 3 rings (SSSR count). The normalized spacial score (nSPS) is 18.0. The lowest BCUT2D eigenvalue weighted by molar-refractivity contribution is -0.137. The van der Waals surface area contributed by atoms with Crippen molar-refractivity contribution in [2.24, 2.45) is 0 Å².